The Balaban J connectivity index is 1.96. The van der Waals surface area contributed by atoms with Crippen LogP contribution in [0.5, 0.6) is 0 Å². The SMILES string of the molecule is NC(Cc1ccc(F)cc1Cl)CC1CC1. The highest BCUT2D eigenvalue weighted by atomic mass is 35.5. The zero-order valence-corrected chi connectivity index (χ0v) is 9.30. The lowest BCUT2D eigenvalue weighted by molar-refractivity contribution is 0.565. The summed E-state index contributed by atoms with van der Waals surface area (Å²) in [5, 5.41) is 0.487. The number of hydrogen-bond acceptors (Lipinski definition) is 1. The third-order valence-corrected chi connectivity index (χ3v) is 3.18. The molecule has 1 saturated carbocycles. The molecule has 1 aromatic rings. The van der Waals surface area contributed by atoms with Crippen molar-refractivity contribution in [1.29, 1.82) is 0 Å². The van der Waals surface area contributed by atoms with Crippen molar-refractivity contribution in [2.45, 2.75) is 31.7 Å². The standard InChI is InChI=1S/C12H15ClFN/c13-12-7-10(14)4-3-9(12)6-11(15)5-8-1-2-8/h3-4,7-8,11H,1-2,5-6,15H2. The zero-order valence-electron chi connectivity index (χ0n) is 8.55. The summed E-state index contributed by atoms with van der Waals surface area (Å²) < 4.78 is 12.8. The molecule has 0 aromatic heterocycles. The molecule has 0 aliphatic heterocycles. The molecule has 0 radical (unpaired) electrons. The molecule has 2 N–H and O–H groups in total. The second kappa shape index (κ2) is 4.50. The molecule has 1 fully saturated rings. The Labute approximate surface area is 94.4 Å². The average molecular weight is 228 g/mol. The van der Waals surface area contributed by atoms with E-state index in [-0.39, 0.29) is 11.9 Å². The first kappa shape index (κ1) is 10.9. The fraction of sp³-hybridized carbons (Fsp3) is 0.500. The lowest BCUT2D eigenvalue weighted by Crippen LogP contribution is -2.23. The van der Waals surface area contributed by atoms with Gasteiger partial charge < -0.3 is 5.73 Å². The van der Waals surface area contributed by atoms with Crippen molar-refractivity contribution >= 4 is 11.6 Å². The van der Waals surface area contributed by atoms with Crippen molar-refractivity contribution in [3.05, 3.63) is 34.6 Å². The molecule has 0 heterocycles. The summed E-state index contributed by atoms with van der Waals surface area (Å²) >= 11 is 5.93. The van der Waals surface area contributed by atoms with Gasteiger partial charge in [0.15, 0.2) is 0 Å². The summed E-state index contributed by atoms with van der Waals surface area (Å²) in [6.45, 7) is 0. The highest BCUT2D eigenvalue weighted by Crippen LogP contribution is 2.34. The smallest absolute Gasteiger partial charge is 0.124 e. The van der Waals surface area contributed by atoms with E-state index < -0.39 is 0 Å². The average Bonchev–Trinajstić information content (AvgIpc) is 2.94. The van der Waals surface area contributed by atoms with Crippen molar-refractivity contribution < 1.29 is 4.39 Å². The van der Waals surface area contributed by atoms with Crippen LogP contribution in [0.15, 0.2) is 18.2 Å². The predicted octanol–water partition coefficient (Wildman–Crippen LogP) is 3.15. The molecule has 0 saturated heterocycles. The van der Waals surface area contributed by atoms with Gasteiger partial charge in [-0.15, -0.1) is 0 Å². The minimum Gasteiger partial charge on any atom is -0.327 e. The normalized spacial score (nSPS) is 17.8. The lowest BCUT2D eigenvalue weighted by Gasteiger charge is -2.12. The van der Waals surface area contributed by atoms with Gasteiger partial charge in [-0.1, -0.05) is 30.5 Å². The lowest BCUT2D eigenvalue weighted by atomic mass is 10.0. The summed E-state index contributed by atoms with van der Waals surface area (Å²) in [7, 11) is 0. The van der Waals surface area contributed by atoms with Gasteiger partial charge in [-0.2, -0.15) is 0 Å². The third kappa shape index (κ3) is 3.18. The second-order valence-electron chi connectivity index (χ2n) is 4.38. The Kier molecular flexibility index (Phi) is 3.27. The molecule has 2 rings (SSSR count). The first-order valence-electron chi connectivity index (χ1n) is 5.34. The van der Waals surface area contributed by atoms with Crippen LogP contribution in [0.1, 0.15) is 24.8 Å². The van der Waals surface area contributed by atoms with Gasteiger partial charge in [-0.05, 0) is 36.5 Å². The largest absolute Gasteiger partial charge is 0.327 e. The van der Waals surface area contributed by atoms with E-state index in [4.69, 9.17) is 17.3 Å². The fourth-order valence-electron chi connectivity index (χ4n) is 1.83. The molecule has 1 aliphatic rings. The van der Waals surface area contributed by atoms with Crippen molar-refractivity contribution in [3.8, 4) is 0 Å². The van der Waals surface area contributed by atoms with E-state index >= 15 is 0 Å². The van der Waals surface area contributed by atoms with Crippen molar-refractivity contribution in [2.75, 3.05) is 0 Å². The number of rotatable bonds is 4. The number of nitrogens with two attached hydrogens (primary N) is 1. The Bertz CT molecular complexity index is 349. The molecule has 0 amide bonds. The Morgan fingerprint density at radius 2 is 2.20 bits per heavy atom. The number of halogens is 2. The van der Waals surface area contributed by atoms with Crippen LogP contribution in [0.4, 0.5) is 4.39 Å². The van der Waals surface area contributed by atoms with E-state index in [2.05, 4.69) is 0 Å². The number of benzene rings is 1. The van der Waals surface area contributed by atoms with E-state index in [1.165, 1.54) is 25.0 Å². The van der Waals surface area contributed by atoms with Gasteiger partial charge in [0.25, 0.3) is 0 Å². The Morgan fingerprint density at radius 3 is 2.80 bits per heavy atom. The van der Waals surface area contributed by atoms with Gasteiger partial charge >= 0.3 is 0 Å². The van der Waals surface area contributed by atoms with Crippen LogP contribution in [0.2, 0.25) is 5.02 Å². The maximum atomic E-state index is 12.8. The molecule has 1 nitrogen and oxygen atoms in total. The van der Waals surface area contributed by atoms with Crippen LogP contribution >= 0.6 is 11.6 Å². The molecule has 1 aromatic carbocycles. The summed E-state index contributed by atoms with van der Waals surface area (Å²) in [6, 6.07) is 4.66. The minimum absolute atomic E-state index is 0.153. The summed E-state index contributed by atoms with van der Waals surface area (Å²) in [5.74, 6) is 0.527. The highest BCUT2D eigenvalue weighted by Gasteiger charge is 2.24. The maximum absolute atomic E-state index is 12.8. The van der Waals surface area contributed by atoms with Crippen molar-refractivity contribution in [2.24, 2.45) is 11.7 Å². The van der Waals surface area contributed by atoms with Gasteiger partial charge in [0.2, 0.25) is 0 Å². The molecule has 82 valence electrons. The number of hydrogen-bond donors (Lipinski definition) is 1. The van der Waals surface area contributed by atoms with E-state index in [9.17, 15) is 4.39 Å². The second-order valence-corrected chi connectivity index (χ2v) is 4.79. The Hall–Kier alpha value is -0.600. The van der Waals surface area contributed by atoms with Crippen LogP contribution in [-0.4, -0.2) is 6.04 Å². The van der Waals surface area contributed by atoms with E-state index in [0.717, 1.165) is 24.3 Å². The molecule has 3 heteroatoms. The maximum Gasteiger partial charge on any atom is 0.124 e. The summed E-state index contributed by atoms with van der Waals surface area (Å²) in [5.41, 5.74) is 6.95. The van der Waals surface area contributed by atoms with Gasteiger partial charge in [-0.3, -0.25) is 0 Å². The van der Waals surface area contributed by atoms with Gasteiger partial charge in [0.1, 0.15) is 5.82 Å². The highest BCUT2D eigenvalue weighted by molar-refractivity contribution is 6.31. The van der Waals surface area contributed by atoms with E-state index in [1.807, 2.05) is 0 Å². The van der Waals surface area contributed by atoms with Crippen molar-refractivity contribution in [3.63, 3.8) is 0 Å². The van der Waals surface area contributed by atoms with E-state index in [1.54, 1.807) is 6.07 Å². The molecule has 1 aliphatic carbocycles. The Morgan fingerprint density at radius 1 is 1.47 bits per heavy atom. The molecule has 0 spiro atoms. The van der Waals surface area contributed by atoms with Crippen LogP contribution in [0, 0.1) is 11.7 Å². The first-order chi connectivity index (χ1) is 7.15. The molecular weight excluding hydrogens is 213 g/mol. The van der Waals surface area contributed by atoms with Gasteiger partial charge in [0, 0.05) is 11.1 Å². The third-order valence-electron chi connectivity index (χ3n) is 2.83. The summed E-state index contributed by atoms with van der Waals surface area (Å²) in [6.07, 6.45) is 4.43. The quantitative estimate of drug-likeness (QED) is 0.840. The topological polar surface area (TPSA) is 26.0 Å². The molecule has 15 heavy (non-hydrogen) atoms. The first-order valence-corrected chi connectivity index (χ1v) is 5.72. The zero-order chi connectivity index (χ0) is 10.8. The molecule has 0 bridgehead atoms. The van der Waals surface area contributed by atoms with Crippen LogP contribution < -0.4 is 5.73 Å². The van der Waals surface area contributed by atoms with Gasteiger partial charge in [-0.25, -0.2) is 4.39 Å². The fourth-order valence-corrected chi connectivity index (χ4v) is 2.08. The van der Waals surface area contributed by atoms with Gasteiger partial charge in [0.05, 0.1) is 0 Å². The van der Waals surface area contributed by atoms with Crippen LogP contribution in [0.3, 0.4) is 0 Å². The van der Waals surface area contributed by atoms with Crippen LogP contribution in [0.25, 0.3) is 0 Å². The molecular formula is C12H15ClFN. The minimum atomic E-state index is -0.292. The molecule has 1 atom stereocenters. The summed E-state index contributed by atoms with van der Waals surface area (Å²) in [4.78, 5) is 0. The van der Waals surface area contributed by atoms with Crippen molar-refractivity contribution in [1.82, 2.24) is 0 Å². The molecule has 1 unspecified atom stereocenters. The van der Waals surface area contributed by atoms with Crippen LogP contribution in [-0.2, 0) is 6.42 Å². The van der Waals surface area contributed by atoms with E-state index in [0.29, 0.717) is 5.02 Å². The monoisotopic (exact) mass is 227 g/mol. The predicted molar refractivity (Wildman–Crippen MR) is 60.4 cm³/mol.